The van der Waals surface area contributed by atoms with E-state index >= 15 is 0 Å². The third-order valence-corrected chi connectivity index (χ3v) is 11.7. The number of hydrogen-bond acceptors (Lipinski definition) is 3. The molecular weight excluding hydrogens is 358 g/mol. The van der Waals surface area contributed by atoms with E-state index in [9.17, 15) is 14.7 Å². The maximum Gasteiger partial charge on any atom is 0.407 e. The van der Waals surface area contributed by atoms with Crippen LogP contribution in [0.3, 0.4) is 0 Å². The summed E-state index contributed by atoms with van der Waals surface area (Å²) in [5.74, 6) is 0.667. The molecule has 2 fully saturated rings. The van der Waals surface area contributed by atoms with Gasteiger partial charge in [-0.3, -0.25) is 0 Å². The van der Waals surface area contributed by atoms with Crippen LogP contribution in [0.2, 0.25) is 18.1 Å². The number of carbonyl (C=O) groups is 2. The number of hydrogen-bond donors (Lipinski definition) is 1. The second-order valence-corrected chi connectivity index (χ2v) is 15.8. The third-order valence-electron chi connectivity index (χ3n) is 7.18. The summed E-state index contributed by atoms with van der Waals surface area (Å²) in [6.45, 7) is 17.0. The van der Waals surface area contributed by atoms with Crippen LogP contribution >= 0.6 is 0 Å². The molecule has 0 spiro atoms. The molecule has 2 rings (SSSR count). The van der Waals surface area contributed by atoms with Gasteiger partial charge in [-0.25, -0.2) is 4.79 Å². The number of carboxylic acid groups (broad SMARTS) is 1. The van der Waals surface area contributed by atoms with E-state index in [1.54, 1.807) is 4.90 Å². The molecule has 0 aromatic heterocycles. The Labute approximate surface area is 166 Å². The highest BCUT2D eigenvalue weighted by Gasteiger charge is 2.51. The van der Waals surface area contributed by atoms with Gasteiger partial charge in [0.05, 0.1) is 6.10 Å². The SMILES string of the molecule is CC(C)(C)N(C(=O)O)C1CC[C@@H]2[C@@H](C1)C[C@@H](O[Si](C)(C)C(C)(C)C)[C@H]2C=O. The van der Waals surface area contributed by atoms with E-state index in [4.69, 9.17) is 4.43 Å². The van der Waals surface area contributed by atoms with Gasteiger partial charge in [0.1, 0.15) is 6.29 Å². The van der Waals surface area contributed by atoms with Gasteiger partial charge < -0.3 is 19.2 Å². The van der Waals surface area contributed by atoms with Crippen LogP contribution in [0.5, 0.6) is 0 Å². The molecule has 156 valence electrons. The Hall–Kier alpha value is -0.883. The Balaban J connectivity index is 2.17. The number of nitrogens with zero attached hydrogens (tertiary/aromatic N) is 1. The van der Waals surface area contributed by atoms with E-state index in [0.29, 0.717) is 11.8 Å². The van der Waals surface area contributed by atoms with E-state index in [1.807, 2.05) is 20.8 Å². The monoisotopic (exact) mass is 397 g/mol. The summed E-state index contributed by atoms with van der Waals surface area (Å²) in [5, 5.41) is 9.86. The molecule has 6 heteroatoms. The third kappa shape index (κ3) is 4.58. The van der Waals surface area contributed by atoms with Crippen molar-refractivity contribution in [2.45, 2.75) is 103 Å². The van der Waals surface area contributed by atoms with E-state index in [2.05, 4.69) is 33.9 Å². The van der Waals surface area contributed by atoms with Gasteiger partial charge in [0.25, 0.3) is 0 Å². The van der Waals surface area contributed by atoms with Crippen molar-refractivity contribution in [1.82, 2.24) is 4.90 Å². The van der Waals surface area contributed by atoms with E-state index in [0.717, 1.165) is 32.0 Å². The summed E-state index contributed by atoms with van der Waals surface area (Å²) in [6, 6.07) is 0.0303. The second-order valence-electron chi connectivity index (χ2n) is 11.1. The van der Waals surface area contributed by atoms with Crippen molar-refractivity contribution in [3.63, 3.8) is 0 Å². The maximum atomic E-state index is 11.9. The molecule has 0 aliphatic heterocycles. The molecule has 2 aliphatic carbocycles. The first-order chi connectivity index (χ1) is 12.2. The van der Waals surface area contributed by atoms with Crippen LogP contribution in [0.1, 0.15) is 67.2 Å². The predicted octanol–water partition coefficient (Wildman–Crippen LogP) is 5.16. The van der Waals surface area contributed by atoms with Crippen molar-refractivity contribution in [1.29, 1.82) is 0 Å². The van der Waals surface area contributed by atoms with Crippen molar-refractivity contribution in [2.24, 2.45) is 17.8 Å². The minimum absolute atomic E-state index is 0.00921. The Morgan fingerprint density at radius 1 is 1.11 bits per heavy atom. The normalized spacial score (nSPS) is 32.1. The first kappa shape index (κ1) is 22.4. The molecule has 1 unspecified atom stereocenters. The quantitative estimate of drug-likeness (QED) is 0.525. The van der Waals surface area contributed by atoms with Crippen molar-refractivity contribution in [3.8, 4) is 0 Å². The second kappa shape index (κ2) is 7.51. The average molecular weight is 398 g/mol. The zero-order chi connectivity index (χ0) is 20.8. The summed E-state index contributed by atoms with van der Waals surface area (Å²) in [4.78, 5) is 25.4. The Kier molecular flexibility index (Phi) is 6.23. The van der Waals surface area contributed by atoms with Crippen LogP contribution in [-0.2, 0) is 9.22 Å². The molecule has 0 radical (unpaired) electrons. The van der Waals surface area contributed by atoms with Gasteiger partial charge in [0.2, 0.25) is 0 Å². The molecule has 1 amide bonds. The Bertz CT molecular complexity index is 564. The van der Waals surface area contributed by atoms with E-state index in [-0.39, 0.29) is 23.1 Å². The molecule has 5 nitrogen and oxygen atoms in total. The molecule has 2 aliphatic rings. The summed E-state index contributed by atoms with van der Waals surface area (Å²) in [5.41, 5.74) is -0.414. The first-order valence-electron chi connectivity index (χ1n) is 10.3. The van der Waals surface area contributed by atoms with Gasteiger partial charge in [0.15, 0.2) is 8.32 Å². The van der Waals surface area contributed by atoms with Crippen molar-refractivity contribution >= 4 is 20.7 Å². The minimum atomic E-state index is -1.94. The lowest BCUT2D eigenvalue weighted by molar-refractivity contribution is -0.115. The number of rotatable bonds is 4. The smallest absolute Gasteiger partial charge is 0.407 e. The van der Waals surface area contributed by atoms with Crippen molar-refractivity contribution < 1.29 is 19.1 Å². The van der Waals surface area contributed by atoms with Gasteiger partial charge >= 0.3 is 6.09 Å². The molecule has 5 atom stereocenters. The van der Waals surface area contributed by atoms with E-state index in [1.165, 1.54) is 0 Å². The first-order valence-corrected chi connectivity index (χ1v) is 13.2. The topological polar surface area (TPSA) is 66.8 Å². The average Bonchev–Trinajstić information content (AvgIpc) is 2.79. The maximum absolute atomic E-state index is 11.9. The molecule has 0 heterocycles. The van der Waals surface area contributed by atoms with Gasteiger partial charge in [0, 0.05) is 17.5 Å². The fraction of sp³-hybridized carbons (Fsp3) is 0.905. The molecule has 0 saturated heterocycles. The van der Waals surface area contributed by atoms with Crippen LogP contribution in [0, 0.1) is 17.8 Å². The van der Waals surface area contributed by atoms with Gasteiger partial charge in [-0.15, -0.1) is 0 Å². The number of aldehydes is 1. The van der Waals surface area contributed by atoms with Crippen molar-refractivity contribution in [3.05, 3.63) is 0 Å². The Morgan fingerprint density at radius 3 is 2.15 bits per heavy atom. The number of fused-ring (bicyclic) bond motifs is 1. The molecule has 2 saturated carbocycles. The zero-order valence-electron chi connectivity index (χ0n) is 18.4. The molecule has 27 heavy (non-hydrogen) atoms. The van der Waals surface area contributed by atoms with Gasteiger partial charge in [-0.1, -0.05) is 20.8 Å². The van der Waals surface area contributed by atoms with Gasteiger partial charge in [-0.05, 0) is 76.4 Å². The largest absolute Gasteiger partial charge is 0.465 e. The fourth-order valence-corrected chi connectivity index (χ4v) is 6.23. The van der Waals surface area contributed by atoms with Crippen molar-refractivity contribution in [2.75, 3.05) is 0 Å². The number of carbonyl (C=O) groups excluding carboxylic acids is 1. The summed E-state index contributed by atoms with van der Waals surface area (Å²) in [6.07, 6.45) is 3.74. The summed E-state index contributed by atoms with van der Waals surface area (Å²) in [7, 11) is -1.94. The Morgan fingerprint density at radius 2 is 1.70 bits per heavy atom. The molecule has 0 bridgehead atoms. The predicted molar refractivity (Wildman–Crippen MR) is 110 cm³/mol. The summed E-state index contributed by atoms with van der Waals surface area (Å²) >= 11 is 0. The zero-order valence-corrected chi connectivity index (χ0v) is 19.4. The molecular formula is C21H39NO4Si. The fourth-order valence-electron chi connectivity index (χ4n) is 4.87. The lowest BCUT2D eigenvalue weighted by atomic mass is 9.75. The standard InChI is InChI=1S/C21H39NO4Si/c1-20(2,3)22(19(24)25)15-9-10-16-14(11-15)12-18(17(16)13-23)26-27(7,8)21(4,5)6/h13-18H,9-12H2,1-8H3,(H,24,25)/t14-,15?,16+,17-,18+/m0/s1. The van der Waals surface area contributed by atoms with Crippen LogP contribution in [0.15, 0.2) is 0 Å². The lowest BCUT2D eigenvalue weighted by Gasteiger charge is -2.44. The lowest BCUT2D eigenvalue weighted by Crippen LogP contribution is -2.53. The molecule has 0 aromatic rings. The van der Waals surface area contributed by atoms with Gasteiger partial charge in [-0.2, -0.15) is 0 Å². The van der Waals surface area contributed by atoms with Crippen LogP contribution in [0.4, 0.5) is 4.79 Å². The van der Waals surface area contributed by atoms with Crippen LogP contribution < -0.4 is 0 Å². The minimum Gasteiger partial charge on any atom is -0.465 e. The summed E-state index contributed by atoms with van der Waals surface area (Å²) < 4.78 is 6.65. The van der Waals surface area contributed by atoms with Crippen LogP contribution in [0.25, 0.3) is 0 Å². The highest BCUT2D eigenvalue weighted by Crippen LogP contribution is 2.50. The highest BCUT2D eigenvalue weighted by molar-refractivity contribution is 6.74. The van der Waals surface area contributed by atoms with E-state index < -0.39 is 19.9 Å². The molecule has 1 N–H and O–H groups in total. The number of amides is 1. The van der Waals surface area contributed by atoms with Crippen LogP contribution in [-0.4, -0.2) is 48.4 Å². The molecule has 0 aromatic carbocycles. The highest BCUT2D eigenvalue weighted by atomic mass is 28.4.